The van der Waals surface area contributed by atoms with E-state index in [1.807, 2.05) is 0 Å². The molecule has 1 amide bonds. The summed E-state index contributed by atoms with van der Waals surface area (Å²) < 4.78 is 5.02. The topological polar surface area (TPSA) is 91.6 Å². The summed E-state index contributed by atoms with van der Waals surface area (Å²) in [5.74, 6) is -0.182. The number of aliphatic hydroxyl groups is 1. The lowest BCUT2D eigenvalue weighted by Crippen LogP contribution is -2.35. The first-order valence-electron chi connectivity index (χ1n) is 6.38. The van der Waals surface area contributed by atoms with Crippen LogP contribution in [0.5, 0.6) is 0 Å². The van der Waals surface area contributed by atoms with E-state index in [-0.39, 0.29) is 24.4 Å². The summed E-state index contributed by atoms with van der Waals surface area (Å²) >= 11 is 0. The van der Waals surface area contributed by atoms with Gasteiger partial charge in [-0.1, -0.05) is 0 Å². The average Bonchev–Trinajstić information content (AvgIpc) is 2.86. The number of benzene rings is 1. The second kappa shape index (κ2) is 6.26. The largest absolute Gasteiger partial charge is 0.423 e. The molecule has 0 radical (unpaired) electrons. The first-order valence-corrected chi connectivity index (χ1v) is 6.38. The van der Waals surface area contributed by atoms with Gasteiger partial charge >= 0.3 is 5.63 Å². The number of hydrogen-bond acceptors (Lipinski definition) is 5. The van der Waals surface area contributed by atoms with Crippen molar-refractivity contribution >= 4 is 35.0 Å². The average molecular weight is 311 g/mol. The molecule has 0 spiro atoms. The Bertz CT molecular complexity index is 715. The summed E-state index contributed by atoms with van der Waals surface area (Å²) in [4.78, 5) is 23.1. The molecule has 1 fully saturated rings. The normalized spacial score (nSPS) is 21.0. The zero-order valence-corrected chi connectivity index (χ0v) is 11.9. The predicted octanol–water partition coefficient (Wildman–Crippen LogP) is 0.876. The highest BCUT2D eigenvalue weighted by molar-refractivity contribution is 5.96. The van der Waals surface area contributed by atoms with Crippen molar-refractivity contribution in [2.45, 2.75) is 18.6 Å². The van der Waals surface area contributed by atoms with Gasteiger partial charge in [0.2, 0.25) is 5.91 Å². The van der Waals surface area contributed by atoms with E-state index < -0.39 is 11.7 Å². The van der Waals surface area contributed by atoms with Crippen LogP contribution in [-0.2, 0) is 4.79 Å². The molecule has 1 saturated heterocycles. The Morgan fingerprint density at radius 1 is 1.33 bits per heavy atom. The maximum atomic E-state index is 12.0. The summed E-state index contributed by atoms with van der Waals surface area (Å²) in [5, 5.41) is 15.9. The van der Waals surface area contributed by atoms with Crippen molar-refractivity contribution in [2.24, 2.45) is 0 Å². The molecule has 2 atom stereocenters. The van der Waals surface area contributed by atoms with E-state index in [2.05, 4.69) is 10.6 Å². The van der Waals surface area contributed by atoms with Crippen LogP contribution in [0.15, 0.2) is 39.5 Å². The minimum atomic E-state index is -0.475. The lowest BCUT2D eigenvalue weighted by Gasteiger charge is -2.11. The third-order valence-electron chi connectivity index (χ3n) is 3.31. The van der Waals surface area contributed by atoms with Gasteiger partial charge in [-0.3, -0.25) is 4.79 Å². The summed E-state index contributed by atoms with van der Waals surface area (Å²) in [6, 6.07) is 7.66. The fourth-order valence-corrected chi connectivity index (χ4v) is 2.30. The van der Waals surface area contributed by atoms with Crippen LogP contribution in [-0.4, -0.2) is 29.7 Å². The molecule has 0 aliphatic carbocycles. The zero-order valence-electron chi connectivity index (χ0n) is 11.0. The molecule has 7 heteroatoms. The minimum absolute atomic E-state index is 0. The smallest absolute Gasteiger partial charge is 0.336 e. The molecule has 2 aromatic rings. The highest BCUT2D eigenvalue weighted by atomic mass is 35.5. The number of nitrogens with one attached hydrogen (secondary N) is 2. The van der Waals surface area contributed by atoms with E-state index in [4.69, 9.17) is 4.42 Å². The van der Waals surface area contributed by atoms with Gasteiger partial charge in [0.05, 0.1) is 12.1 Å². The van der Waals surface area contributed by atoms with Crippen molar-refractivity contribution < 1.29 is 14.3 Å². The highest BCUT2D eigenvalue weighted by Crippen LogP contribution is 2.18. The lowest BCUT2D eigenvalue weighted by atomic mass is 10.1. The summed E-state index contributed by atoms with van der Waals surface area (Å²) in [6.45, 7) is 0.432. The van der Waals surface area contributed by atoms with Gasteiger partial charge in [0.25, 0.3) is 0 Å². The Balaban J connectivity index is 0.00000161. The molecular weight excluding hydrogens is 296 g/mol. The number of anilines is 1. The Hall–Kier alpha value is -1.89. The molecule has 112 valence electrons. The highest BCUT2D eigenvalue weighted by Gasteiger charge is 2.27. The van der Waals surface area contributed by atoms with Crippen LogP contribution in [0.4, 0.5) is 5.69 Å². The molecule has 1 aliphatic heterocycles. The fourth-order valence-electron chi connectivity index (χ4n) is 2.30. The number of carbonyl (C=O) groups is 1. The van der Waals surface area contributed by atoms with Crippen molar-refractivity contribution in [3.05, 3.63) is 40.8 Å². The van der Waals surface area contributed by atoms with Crippen LogP contribution in [0.1, 0.15) is 6.42 Å². The maximum Gasteiger partial charge on any atom is 0.336 e. The lowest BCUT2D eigenvalue weighted by molar-refractivity contribution is -0.117. The van der Waals surface area contributed by atoms with Gasteiger partial charge in [0.15, 0.2) is 0 Å². The molecule has 2 heterocycles. The Morgan fingerprint density at radius 3 is 2.86 bits per heavy atom. The van der Waals surface area contributed by atoms with E-state index in [0.29, 0.717) is 24.2 Å². The first-order chi connectivity index (χ1) is 9.61. The Kier molecular flexibility index (Phi) is 4.62. The number of amides is 1. The Morgan fingerprint density at radius 2 is 2.14 bits per heavy atom. The van der Waals surface area contributed by atoms with Crippen molar-refractivity contribution in [1.29, 1.82) is 0 Å². The number of fused-ring (bicyclic) bond motifs is 1. The quantitative estimate of drug-likeness (QED) is 0.716. The minimum Gasteiger partial charge on any atom is -0.423 e. The molecule has 2 unspecified atom stereocenters. The molecule has 1 aromatic heterocycles. The molecule has 3 N–H and O–H groups in total. The van der Waals surface area contributed by atoms with Gasteiger partial charge < -0.3 is 20.2 Å². The molecular formula is C14H15ClN2O4. The monoisotopic (exact) mass is 310 g/mol. The van der Waals surface area contributed by atoms with Gasteiger partial charge in [-0.25, -0.2) is 4.79 Å². The molecule has 1 aliphatic rings. The van der Waals surface area contributed by atoms with Gasteiger partial charge in [-0.15, -0.1) is 12.4 Å². The second-order valence-electron chi connectivity index (χ2n) is 4.85. The number of aliphatic hydroxyl groups excluding tert-OH is 1. The van der Waals surface area contributed by atoms with Gasteiger partial charge in [0, 0.05) is 23.7 Å². The standard InChI is InChI=1S/C14H14N2O4.ClH/c17-10-6-11(15-7-10)14(19)16-9-2-3-12-8(5-9)1-4-13(18)20-12;/h1-5,10-11,15,17H,6-7H2,(H,16,19);1H. The van der Waals surface area contributed by atoms with Crippen molar-refractivity contribution in [2.75, 3.05) is 11.9 Å². The van der Waals surface area contributed by atoms with Crippen LogP contribution in [0.2, 0.25) is 0 Å². The zero-order chi connectivity index (χ0) is 14.1. The van der Waals surface area contributed by atoms with E-state index in [1.54, 1.807) is 24.3 Å². The number of β-amino-alcohol motifs (C(OH)–C–C–N with tert-alkyl or cyclic N) is 1. The van der Waals surface area contributed by atoms with E-state index >= 15 is 0 Å². The van der Waals surface area contributed by atoms with Gasteiger partial charge in [-0.05, 0) is 30.7 Å². The number of hydrogen-bond donors (Lipinski definition) is 3. The fraction of sp³-hybridized carbons (Fsp3) is 0.286. The Labute approximate surface area is 126 Å². The first kappa shape index (κ1) is 15.5. The number of carbonyl (C=O) groups excluding carboxylic acids is 1. The maximum absolute atomic E-state index is 12.0. The van der Waals surface area contributed by atoms with Gasteiger partial charge in [-0.2, -0.15) is 0 Å². The summed E-state index contributed by atoms with van der Waals surface area (Å²) in [6.07, 6.45) is -0.0643. The molecule has 0 bridgehead atoms. The molecule has 21 heavy (non-hydrogen) atoms. The number of halogens is 1. The molecule has 1 aromatic carbocycles. The summed E-state index contributed by atoms with van der Waals surface area (Å²) in [7, 11) is 0. The van der Waals surface area contributed by atoms with Crippen molar-refractivity contribution in [1.82, 2.24) is 5.32 Å². The van der Waals surface area contributed by atoms with Crippen molar-refractivity contribution in [3.63, 3.8) is 0 Å². The van der Waals surface area contributed by atoms with E-state index in [0.717, 1.165) is 5.39 Å². The third kappa shape index (κ3) is 3.41. The van der Waals surface area contributed by atoms with Crippen LogP contribution >= 0.6 is 12.4 Å². The molecule has 3 rings (SSSR count). The third-order valence-corrected chi connectivity index (χ3v) is 3.31. The van der Waals surface area contributed by atoms with Crippen LogP contribution in [0.3, 0.4) is 0 Å². The summed E-state index contributed by atoms with van der Waals surface area (Å²) in [5.41, 5.74) is 0.697. The molecule has 0 saturated carbocycles. The van der Waals surface area contributed by atoms with E-state index in [9.17, 15) is 14.7 Å². The van der Waals surface area contributed by atoms with Crippen LogP contribution in [0, 0.1) is 0 Å². The number of rotatable bonds is 2. The van der Waals surface area contributed by atoms with Crippen LogP contribution in [0.25, 0.3) is 11.0 Å². The molecule has 6 nitrogen and oxygen atoms in total. The van der Waals surface area contributed by atoms with Crippen molar-refractivity contribution in [3.8, 4) is 0 Å². The van der Waals surface area contributed by atoms with Crippen LogP contribution < -0.4 is 16.3 Å². The second-order valence-corrected chi connectivity index (χ2v) is 4.85. The van der Waals surface area contributed by atoms with Gasteiger partial charge in [0.1, 0.15) is 5.58 Å². The SMILES string of the molecule is Cl.O=C(Nc1ccc2oc(=O)ccc2c1)C1CC(O)CN1. The van der Waals surface area contributed by atoms with E-state index in [1.165, 1.54) is 6.07 Å². The predicted molar refractivity (Wildman–Crippen MR) is 80.8 cm³/mol.